The number of rotatable bonds is 3. The molecule has 3 rings (SSSR count). The molecule has 1 heterocycles. The second-order valence-electron chi connectivity index (χ2n) is 5.33. The lowest BCUT2D eigenvalue weighted by Crippen LogP contribution is -2.17. The number of nitrogens with one attached hydrogen (secondary N) is 1. The summed E-state index contributed by atoms with van der Waals surface area (Å²) in [5.41, 5.74) is 9.50. The Balaban J connectivity index is 1.86. The number of anilines is 1. The normalized spacial score (nSPS) is 10.9. The summed E-state index contributed by atoms with van der Waals surface area (Å²) in [6, 6.07) is 12.9. The molecule has 1 amide bonds. The largest absolute Gasteiger partial charge is 0.507 e. The van der Waals surface area contributed by atoms with Crippen LogP contribution in [0, 0.1) is 18.3 Å². The van der Waals surface area contributed by atoms with Crippen molar-refractivity contribution in [2.24, 2.45) is 5.10 Å². The van der Waals surface area contributed by atoms with Crippen molar-refractivity contribution in [3.05, 3.63) is 58.0 Å². The molecule has 0 aliphatic carbocycles. The molecule has 124 valence electrons. The third kappa shape index (κ3) is 3.03. The second kappa shape index (κ2) is 6.63. The highest BCUT2D eigenvalue weighted by atomic mass is 32.1. The minimum Gasteiger partial charge on any atom is -0.507 e. The lowest BCUT2D eigenvalue weighted by molar-refractivity contribution is 0.0958. The molecule has 0 saturated heterocycles. The van der Waals surface area contributed by atoms with Gasteiger partial charge in [0.1, 0.15) is 21.7 Å². The maximum absolute atomic E-state index is 12.2. The molecule has 0 atom stereocenters. The Morgan fingerprint density at radius 2 is 2.12 bits per heavy atom. The molecule has 0 aliphatic heterocycles. The standard InChI is InChI=1S/C18H14N4O2S/c1-10-13(8-19)17(20)25-16(10)18(24)22-21-9-14-12-5-3-2-4-11(12)6-7-15(14)23/h2-7,9,23H,20H2,1H3,(H,22,24). The van der Waals surface area contributed by atoms with Crippen LogP contribution < -0.4 is 11.2 Å². The maximum atomic E-state index is 12.2. The van der Waals surface area contributed by atoms with Crippen LogP contribution >= 0.6 is 11.3 Å². The van der Waals surface area contributed by atoms with E-state index < -0.39 is 5.91 Å². The summed E-state index contributed by atoms with van der Waals surface area (Å²) in [5, 5.41) is 25.1. The van der Waals surface area contributed by atoms with Crippen molar-refractivity contribution in [2.45, 2.75) is 6.92 Å². The Kier molecular flexibility index (Phi) is 4.37. The van der Waals surface area contributed by atoms with E-state index in [0.717, 1.165) is 22.1 Å². The van der Waals surface area contributed by atoms with E-state index in [-0.39, 0.29) is 5.75 Å². The van der Waals surface area contributed by atoms with E-state index in [1.807, 2.05) is 36.4 Å². The van der Waals surface area contributed by atoms with Crippen LogP contribution in [0.3, 0.4) is 0 Å². The Morgan fingerprint density at radius 1 is 1.36 bits per heavy atom. The number of amides is 1. The summed E-state index contributed by atoms with van der Waals surface area (Å²) in [6.45, 7) is 1.67. The molecule has 0 unspecified atom stereocenters. The van der Waals surface area contributed by atoms with E-state index in [1.54, 1.807) is 13.0 Å². The first kappa shape index (κ1) is 16.5. The van der Waals surface area contributed by atoms with Gasteiger partial charge in [-0.3, -0.25) is 4.79 Å². The van der Waals surface area contributed by atoms with Crippen LogP contribution in [0.25, 0.3) is 10.8 Å². The van der Waals surface area contributed by atoms with Crippen molar-refractivity contribution in [3.8, 4) is 11.8 Å². The van der Waals surface area contributed by atoms with Gasteiger partial charge in [-0.15, -0.1) is 11.3 Å². The van der Waals surface area contributed by atoms with Gasteiger partial charge in [0.25, 0.3) is 5.91 Å². The number of phenolic OH excluding ortho intramolecular Hbond substituents is 1. The second-order valence-corrected chi connectivity index (χ2v) is 6.38. The smallest absolute Gasteiger partial charge is 0.281 e. The van der Waals surface area contributed by atoms with E-state index >= 15 is 0 Å². The van der Waals surface area contributed by atoms with Crippen molar-refractivity contribution < 1.29 is 9.90 Å². The fourth-order valence-corrected chi connectivity index (χ4v) is 3.43. The van der Waals surface area contributed by atoms with Gasteiger partial charge in [-0.1, -0.05) is 30.3 Å². The quantitative estimate of drug-likeness (QED) is 0.497. The van der Waals surface area contributed by atoms with E-state index in [9.17, 15) is 9.90 Å². The van der Waals surface area contributed by atoms with Crippen LogP contribution in [-0.2, 0) is 0 Å². The SMILES string of the molecule is Cc1c(C(=O)NN=Cc2c(O)ccc3ccccc23)sc(N)c1C#N. The predicted molar refractivity (Wildman–Crippen MR) is 98.9 cm³/mol. The Hall–Kier alpha value is -3.37. The van der Waals surface area contributed by atoms with Crippen molar-refractivity contribution in [2.75, 3.05) is 5.73 Å². The van der Waals surface area contributed by atoms with Gasteiger partial charge in [0.05, 0.1) is 11.8 Å². The first-order valence-corrected chi connectivity index (χ1v) is 8.17. The Morgan fingerprint density at radius 3 is 2.84 bits per heavy atom. The number of hydrazone groups is 1. The van der Waals surface area contributed by atoms with Crippen LogP contribution in [0.5, 0.6) is 5.75 Å². The lowest BCUT2D eigenvalue weighted by atomic mass is 10.0. The van der Waals surface area contributed by atoms with Gasteiger partial charge >= 0.3 is 0 Å². The number of phenols is 1. The van der Waals surface area contributed by atoms with E-state index in [0.29, 0.717) is 26.6 Å². The van der Waals surface area contributed by atoms with Gasteiger partial charge < -0.3 is 10.8 Å². The molecule has 0 spiro atoms. The van der Waals surface area contributed by atoms with Crippen LogP contribution in [0.1, 0.15) is 26.4 Å². The number of hydrogen-bond acceptors (Lipinski definition) is 6. The minimum absolute atomic E-state index is 0.0695. The van der Waals surface area contributed by atoms with Crippen molar-refractivity contribution >= 4 is 39.2 Å². The molecule has 25 heavy (non-hydrogen) atoms. The van der Waals surface area contributed by atoms with Gasteiger partial charge in [0.2, 0.25) is 0 Å². The van der Waals surface area contributed by atoms with Gasteiger partial charge in [-0.25, -0.2) is 5.43 Å². The molecule has 3 aromatic rings. The fourth-order valence-electron chi connectivity index (χ4n) is 2.52. The number of fused-ring (bicyclic) bond motifs is 1. The average molecular weight is 350 g/mol. The molecule has 0 bridgehead atoms. The van der Waals surface area contributed by atoms with E-state index in [2.05, 4.69) is 10.5 Å². The highest BCUT2D eigenvalue weighted by molar-refractivity contribution is 7.18. The molecular formula is C18H14N4O2S. The number of thiophene rings is 1. The van der Waals surface area contributed by atoms with Crippen molar-refractivity contribution in [3.63, 3.8) is 0 Å². The summed E-state index contributed by atoms with van der Waals surface area (Å²) in [5.74, 6) is -0.383. The Labute approximate surface area is 147 Å². The summed E-state index contributed by atoms with van der Waals surface area (Å²) in [4.78, 5) is 12.6. The molecular weight excluding hydrogens is 336 g/mol. The summed E-state index contributed by atoms with van der Waals surface area (Å²) < 4.78 is 0. The zero-order valence-electron chi connectivity index (χ0n) is 13.3. The molecule has 0 saturated carbocycles. The first-order chi connectivity index (χ1) is 12.0. The van der Waals surface area contributed by atoms with Crippen LogP contribution in [0.2, 0.25) is 0 Å². The molecule has 0 radical (unpaired) electrons. The highest BCUT2D eigenvalue weighted by Gasteiger charge is 2.18. The number of nitrogens with zero attached hydrogens (tertiary/aromatic N) is 2. The van der Waals surface area contributed by atoms with Gasteiger partial charge in [0.15, 0.2) is 0 Å². The van der Waals surface area contributed by atoms with Crippen LogP contribution in [0.15, 0.2) is 41.5 Å². The first-order valence-electron chi connectivity index (χ1n) is 7.36. The van der Waals surface area contributed by atoms with Crippen molar-refractivity contribution in [1.82, 2.24) is 5.43 Å². The number of nitrogens with two attached hydrogens (primary N) is 1. The summed E-state index contributed by atoms with van der Waals surface area (Å²) >= 11 is 1.05. The monoisotopic (exact) mass is 350 g/mol. The fraction of sp³-hybridized carbons (Fsp3) is 0.0556. The average Bonchev–Trinajstić information content (AvgIpc) is 2.90. The number of nitrogen functional groups attached to an aromatic ring is 1. The minimum atomic E-state index is -0.452. The van der Waals surface area contributed by atoms with Crippen LogP contribution in [-0.4, -0.2) is 17.2 Å². The maximum Gasteiger partial charge on any atom is 0.281 e. The number of aromatic hydroxyl groups is 1. The number of carbonyl (C=O) groups is 1. The van der Waals surface area contributed by atoms with Gasteiger partial charge in [0, 0.05) is 5.56 Å². The lowest BCUT2D eigenvalue weighted by Gasteiger charge is -2.04. The molecule has 2 aromatic carbocycles. The number of nitriles is 1. The number of benzene rings is 2. The topological polar surface area (TPSA) is 112 Å². The third-order valence-corrected chi connectivity index (χ3v) is 4.92. The molecule has 4 N–H and O–H groups in total. The van der Waals surface area contributed by atoms with Crippen molar-refractivity contribution in [1.29, 1.82) is 5.26 Å². The van der Waals surface area contributed by atoms with Crippen LogP contribution in [0.4, 0.5) is 5.00 Å². The zero-order valence-corrected chi connectivity index (χ0v) is 14.1. The van der Waals surface area contributed by atoms with Gasteiger partial charge in [-0.05, 0) is 29.3 Å². The molecule has 0 fully saturated rings. The van der Waals surface area contributed by atoms with E-state index in [4.69, 9.17) is 11.0 Å². The highest BCUT2D eigenvalue weighted by Crippen LogP contribution is 2.29. The molecule has 7 heteroatoms. The Bertz CT molecular complexity index is 1050. The number of carbonyl (C=O) groups excluding carboxylic acids is 1. The third-order valence-electron chi connectivity index (χ3n) is 3.80. The van der Waals surface area contributed by atoms with Gasteiger partial charge in [-0.2, -0.15) is 10.4 Å². The molecule has 1 aromatic heterocycles. The predicted octanol–water partition coefficient (Wildman–Crippen LogP) is 3.13. The summed E-state index contributed by atoms with van der Waals surface area (Å²) in [7, 11) is 0. The molecule has 6 nitrogen and oxygen atoms in total. The molecule has 0 aliphatic rings. The number of hydrogen-bond donors (Lipinski definition) is 3. The zero-order chi connectivity index (χ0) is 18.0. The summed E-state index contributed by atoms with van der Waals surface area (Å²) in [6.07, 6.45) is 1.40. The van der Waals surface area contributed by atoms with E-state index in [1.165, 1.54) is 6.21 Å².